The number of hydrogen-bond acceptors (Lipinski definition) is 4. The van der Waals surface area contributed by atoms with Crippen molar-refractivity contribution in [3.05, 3.63) is 63.6 Å². The molecule has 3 rings (SSSR count). The van der Waals surface area contributed by atoms with Crippen molar-refractivity contribution in [1.29, 1.82) is 0 Å². The maximum absolute atomic E-state index is 12.5. The van der Waals surface area contributed by atoms with Gasteiger partial charge in [0, 0.05) is 41.2 Å². The number of amides is 3. The third-order valence-electron chi connectivity index (χ3n) is 4.71. The van der Waals surface area contributed by atoms with Crippen LogP contribution in [0.15, 0.2) is 53.0 Å². The highest BCUT2D eigenvalue weighted by molar-refractivity contribution is 9.10. The van der Waals surface area contributed by atoms with Gasteiger partial charge in [0.05, 0.1) is 18.8 Å². The van der Waals surface area contributed by atoms with E-state index in [0.717, 1.165) is 4.47 Å². The lowest BCUT2D eigenvalue weighted by Gasteiger charge is -2.34. The molecule has 0 radical (unpaired) electrons. The van der Waals surface area contributed by atoms with Gasteiger partial charge < -0.3 is 15.5 Å². The lowest BCUT2D eigenvalue weighted by Crippen LogP contribution is -2.51. The summed E-state index contributed by atoms with van der Waals surface area (Å²) < 4.78 is 0.774. The minimum atomic E-state index is -0.298. The van der Waals surface area contributed by atoms with Gasteiger partial charge in [0.25, 0.3) is 5.91 Å². The number of rotatable bonds is 6. The second-order valence-electron chi connectivity index (χ2n) is 6.88. The fraction of sp³-hybridized carbons (Fsp3) is 0.286. The fourth-order valence-corrected chi connectivity index (χ4v) is 3.59. The third kappa shape index (κ3) is 6.29. The van der Waals surface area contributed by atoms with E-state index >= 15 is 0 Å². The van der Waals surface area contributed by atoms with Gasteiger partial charge in [-0.2, -0.15) is 0 Å². The Labute approximate surface area is 188 Å². The maximum atomic E-state index is 12.5. The Hall–Kier alpha value is -2.42. The van der Waals surface area contributed by atoms with Crippen molar-refractivity contribution >= 4 is 50.9 Å². The summed E-state index contributed by atoms with van der Waals surface area (Å²) in [6.07, 6.45) is 0. The molecule has 0 spiro atoms. The zero-order chi connectivity index (χ0) is 21.5. The maximum Gasteiger partial charge on any atom is 0.253 e. The van der Waals surface area contributed by atoms with Crippen molar-refractivity contribution in [2.75, 3.05) is 44.6 Å². The van der Waals surface area contributed by atoms with Gasteiger partial charge in [0.2, 0.25) is 11.8 Å². The van der Waals surface area contributed by atoms with Crippen LogP contribution in [0.4, 0.5) is 5.69 Å². The Morgan fingerprint density at radius 2 is 1.60 bits per heavy atom. The lowest BCUT2D eigenvalue weighted by molar-refractivity contribution is -0.125. The molecule has 30 heavy (non-hydrogen) atoms. The largest absolute Gasteiger partial charge is 0.346 e. The van der Waals surface area contributed by atoms with Crippen LogP contribution in [-0.2, 0) is 9.59 Å². The zero-order valence-corrected chi connectivity index (χ0v) is 18.6. The van der Waals surface area contributed by atoms with Gasteiger partial charge in [-0.05, 0) is 52.3 Å². The van der Waals surface area contributed by atoms with E-state index < -0.39 is 0 Å². The van der Waals surface area contributed by atoms with Crippen molar-refractivity contribution in [3.8, 4) is 0 Å². The SMILES string of the molecule is O=C(CN1CCN(C(=O)c2ccc(Cl)cc2)CC1)NCC(=O)Nc1ccccc1Br. The van der Waals surface area contributed by atoms with E-state index in [-0.39, 0.29) is 30.8 Å². The molecule has 1 saturated heterocycles. The smallest absolute Gasteiger partial charge is 0.253 e. The topological polar surface area (TPSA) is 81.8 Å². The molecule has 158 valence electrons. The van der Waals surface area contributed by atoms with E-state index in [4.69, 9.17) is 11.6 Å². The normalized spacial score (nSPS) is 14.3. The Bertz CT molecular complexity index is 915. The number of piperazine rings is 1. The number of nitrogens with zero attached hydrogens (tertiary/aromatic N) is 2. The van der Waals surface area contributed by atoms with Gasteiger partial charge in [0.1, 0.15) is 0 Å². The van der Waals surface area contributed by atoms with Crippen LogP contribution in [0.5, 0.6) is 0 Å². The molecule has 9 heteroatoms. The first-order valence-electron chi connectivity index (χ1n) is 9.50. The van der Waals surface area contributed by atoms with E-state index in [1.54, 1.807) is 35.2 Å². The quantitative estimate of drug-likeness (QED) is 0.648. The average molecular weight is 494 g/mol. The van der Waals surface area contributed by atoms with E-state index in [0.29, 0.717) is 42.5 Å². The molecular weight excluding hydrogens is 472 g/mol. The highest BCUT2D eigenvalue weighted by atomic mass is 79.9. The molecule has 0 aliphatic carbocycles. The summed E-state index contributed by atoms with van der Waals surface area (Å²) in [4.78, 5) is 40.5. The van der Waals surface area contributed by atoms with Gasteiger partial charge in [-0.15, -0.1) is 0 Å². The standard InChI is InChI=1S/C21H22BrClN4O3/c22-17-3-1-2-4-18(17)25-19(28)13-24-20(29)14-26-9-11-27(12-10-26)21(30)15-5-7-16(23)8-6-15/h1-8H,9-14H2,(H,24,29)(H,25,28). The van der Waals surface area contributed by atoms with Crippen molar-refractivity contribution in [3.63, 3.8) is 0 Å². The minimum Gasteiger partial charge on any atom is -0.346 e. The summed E-state index contributed by atoms with van der Waals surface area (Å²) >= 11 is 9.23. The van der Waals surface area contributed by atoms with Crippen LogP contribution < -0.4 is 10.6 Å². The second kappa shape index (κ2) is 10.6. The fourth-order valence-electron chi connectivity index (χ4n) is 3.08. The first kappa shape index (κ1) is 22.3. The van der Waals surface area contributed by atoms with Gasteiger partial charge in [-0.1, -0.05) is 23.7 Å². The van der Waals surface area contributed by atoms with Gasteiger partial charge in [0.15, 0.2) is 0 Å². The van der Waals surface area contributed by atoms with E-state index in [9.17, 15) is 14.4 Å². The number of carbonyl (C=O) groups is 3. The molecule has 0 saturated carbocycles. The van der Waals surface area contributed by atoms with Gasteiger partial charge >= 0.3 is 0 Å². The van der Waals surface area contributed by atoms with Crippen LogP contribution in [0.3, 0.4) is 0 Å². The molecule has 0 aromatic heterocycles. The summed E-state index contributed by atoms with van der Waals surface area (Å²) in [7, 11) is 0. The highest BCUT2D eigenvalue weighted by Gasteiger charge is 2.23. The molecule has 0 bridgehead atoms. The summed E-state index contributed by atoms with van der Waals surface area (Å²) in [5.41, 5.74) is 1.25. The predicted molar refractivity (Wildman–Crippen MR) is 120 cm³/mol. The van der Waals surface area contributed by atoms with Crippen LogP contribution in [0.25, 0.3) is 0 Å². The van der Waals surface area contributed by atoms with E-state index in [1.165, 1.54) is 0 Å². The zero-order valence-electron chi connectivity index (χ0n) is 16.2. The molecule has 2 aromatic rings. The molecule has 2 N–H and O–H groups in total. The molecule has 1 aliphatic heterocycles. The van der Waals surface area contributed by atoms with E-state index in [1.807, 2.05) is 23.1 Å². The molecular formula is C21H22BrClN4O3. The first-order chi connectivity index (χ1) is 14.4. The Balaban J connectivity index is 1.38. The van der Waals surface area contributed by atoms with Crippen molar-refractivity contribution in [2.24, 2.45) is 0 Å². The number of nitrogens with one attached hydrogen (secondary N) is 2. The first-order valence-corrected chi connectivity index (χ1v) is 10.7. The minimum absolute atomic E-state index is 0.0421. The predicted octanol–water partition coefficient (Wildman–Crippen LogP) is 2.62. The molecule has 3 amide bonds. The molecule has 0 atom stereocenters. The molecule has 1 heterocycles. The van der Waals surface area contributed by atoms with Crippen LogP contribution in [0, 0.1) is 0 Å². The van der Waals surface area contributed by atoms with E-state index in [2.05, 4.69) is 26.6 Å². The summed E-state index contributed by atoms with van der Waals surface area (Å²) in [5.74, 6) is -0.567. The highest BCUT2D eigenvalue weighted by Crippen LogP contribution is 2.20. The molecule has 7 nitrogen and oxygen atoms in total. The van der Waals surface area contributed by atoms with Gasteiger partial charge in [-0.3, -0.25) is 19.3 Å². The third-order valence-corrected chi connectivity index (χ3v) is 5.66. The van der Waals surface area contributed by atoms with Crippen LogP contribution in [0.1, 0.15) is 10.4 Å². The number of halogens is 2. The Morgan fingerprint density at radius 3 is 2.27 bits per heavy atom. The Morgan fingerprint density at radius 1 is 0.933 bits per heavy atom. The number of carbonyl (C=O) groups excluding carboxylic acids is 3. The second-order valence-corrected chi connectivity index (χ2v) is 8.17. The summed E-state index contributed by atoms with van der Waals surface area (Å²) in [6.45, 7) is 2.35. The van der Waals surface area contributed by atoms with Crippen LogP contribution in [-0.4, -0.2) is 66.8 Å². The van der Waals surface area contributed by atoms with Crippen LogP contribution >= 0.6 is 27.5 Å². The van der Waals surface area contributed by atoms with Crippen molar-refractivity contribution in [1.82, 2.24) is 15.1 Å². The number of benzene rings is 2. The number of hydrogen-bond donors (Lipinski definition) is 2. The number of para-hydroxylation sites is 1. The number of anilines is 1. The average Bonchev–Trinajstić information content (AvgIpc) is 2.74. The monoisotopic (exact) mass is 492 g/mol. The molecule has 2 aromatic carbocycles. The van der Waals surface area contributed by atoms with Crippen LogP contribution in [0.2, 0.25) is 5.02 Å². The van der Waals surface area contributed by atoms with Crippen molar-refractivity contribution < 1.29 is 14.4 Å². The van der Waals surface area contributed by atoms with Gasteiger partial charge in [-0.25, -0.2) is 0 Å². The summed E-state index contributed by atoms with van der Waals surface area (Å²) in [6, 6.07) is 14.1. The summed E-state index contributed by atoms with van der Waals surface area (Å²) in [5, 5.41) is 5.96. The molecule has 1 fully saturated rings. The molecule has 1 aliphatic rings. The van der Waals surface area contributed by atoms with Crippen molar-refractivity contribution in [2.45, 2.75) is 0 Å². The lowest BCUT2D eigenvalue weighted by atomic mass is 10.2. The Kier molecular flexibility index (Phi) is 7.84. The molecule has 0 unspecified atom stereocenters.